The number of hydrogen-bond acceptors (Lipinski definition) is 4. The number of carbonyl (C=O) groups is 2. The molecule has 22 heavy (non-hydrogen) atoms. The zero-order chi connectivity index (χ0) is 16.8. The summed E-state index contributed by atoms with van der Waals surface area (Å²) >= 11 is 0. The summed E-state index contributed by atoms with van der Waals surface area (Å²) in [5, 5.41) is 5.12. The molecule has 0 heterocycles. The molecule has 1 aromatic carbocycles. The van der Waals surface area contributed by atoms with Crippen molar-refractivity contribution in [1.29, 1.82) is 0 Å². The molecular formula is C14H21N3O4S. The van der Waals surface area contributed by atoms with Gasteiger partial charge < -0.3 is 10.6 Å². The second-order valence-corrected chi connectivity index (χ2v) is 6.97. The van der Waals surface area contributed by atoms with Crippen molar-refractivity contribution in [3.63, 3.8) is 0 Å². The molecule has 0 saturated heterocycles. The molecule has 0 aliphatic rings. The van der Waals surface area contributed by atoms with Crippen molar-refractivity contribution in [2.45, 2.75) is 20.8 Å². The third kappa shape index (κ3) is 6.57. The van der Waals surface area contributed by atoms with Gasteiger partial charge in [0.15, 0.2) is 0 Å². The topological polar surface area (TPSA) is 104 Å². The van der Waals surface area contributed by atoms with Crippen LogP contribution in [0.2, 0.25) is 0 Å². The molecule has 2 amide bonds. The van der Waals surface area contributed by atoms with Gasteiger partial charge in [-0.3, -0.25) is 14.3 Å². The van der Waals surface area contributed by atoms with Crippen LogP contribution in [0.15, 0.2) is 24.3 Å². The van der Waals surface area contributed by atoms with Gasteiger partial charge in [-0.25, -0.2) is 8.42 Å². The number of benzene rings is 1. The Morgan fingerprint density at radius 1 is 1.18 bits per heavy atom. The molecule has 0 unspecified atom stereocenters. The highest BCUT2D eigenvalue weighted by Gasteiger charge is 2.12. The molecule has 1 rings (SSSR count). The zero-order valence-corrected chi connectivity index (χ0v) is 13.7. The standard InChI is InChI=1S/C14H21N3O4S/c1-10(2)14(19)15-7-8-22(20,21)17-13-6-4-5-12(9-13)16-11(3)18/h4-6,9-10,17H,7-8H2,1-3H3,(H,15,19)(H,16,18). The smallest absolute Gasteiger partial charge is 0.234 e. The fraction of sp³-hybridized carbons (Fsp3) is 0.429. The second kappa shape index (κ2) is 7.79. The van der Waals surface area contributed by atoms with Crippen molar-refractivity contribution in [1.82, 2.24) is 5.32 Å². The molecule has 0 atom stereocenters. The lowest BCUT2D eigenvalue weighted by molar-refractivity contribution is -0.123. The Kier molecular flexibility index (Phi) is 6.36. The Labute approximate surface area is 130 Å². The van der Waals surface area contributed by atoms with Crippen LogP contribution in [0.25, 0.3) is 0 Å². The van der Waals surface area contributed by atoms with E-state index in [4.69, 9.17) is 0 Å². The summed E-state index contributed by atoms with van der Waals surface area (Å²) in [7, 11) is -3.58. The molecule has 8 heteroatoms. The Bertz CT molecular complexity index is 641. The van der Waals surface area contributed by atoms with E-state index in [1.807, 2.05) is 0 Å². The predicted octanol–water partition coefficient (Wildman–Crippen LogP) is 1.16. The van der Waals surface area contributed by atoms with Crippen LogP contribution in [0, 0.1) is 5.92 Å². The van der Waals surface area contributed by atoms with Gasteiger partial charge in [0.05, 0.1) is 11.4 Å². The third-order valence-corrected chi connectivity index (χ3v) is 3.94. The average molecular weight is 327 g/mol. The number of nitrogens with one attached hydrogen (secondary N) is 3. The van der Waals surface area contributed by atoms with Crippen LogP contribution in [0.4, 0.5) is 11.4 Å². The number of rotatable bonds is 7. The molecule has 0 aliphatic carbocycles. The minimum Gasteiger partial charge on any atom is -0.355 e. The van der Waals surface area contributed by atoms with Crippen molar-refractivity contribution < 1.29 is 18.0 Å². The molecule has 0 saturated carbocycles. The highest BCUT2D eigenvalue weighted by Crippen LogP contribution is 2.16. The highest BCUT2D eigenvalue weighted by atomic mass is 32.2. The van der Waals surface area contributed by atoms with E-state index >= 15 is 0 Å². The molecule has 0 spiro atoms. The monoisotopic (exact) mass is 327 g/mol. The number of anilines is 2. The first-order valence-corrected chi connectivity index (χ1v) is 8.50. The normalized spacial score (nSPS) is 11.1. The summed E-state index contributed by atoms with van der Waals surface area (Å²) in [5.41, 5.74) is 0.849. The Morgan fingerprint density at radius 3 is 2.41 bits per heavy atom. The van der Waals surface area contributed by atoms with E-state index in [1.54, 1.807) is 32.0 Å². The van der Waals surface area contributed by atoms with Crippen LogP contribution < -0.4 is 15.4 Å². The molecule has 0 aliphatic heterocycles. The quantitative estimate of drug-likeness (QED) is 0.699. The van der Waals surface area contributed by atoms with E-state index in [0.29, 0.717) is 11.4 Å². The van der Waals surface area contributed by atoms with E-state index in [9.17, 15) is 18.0 Å². The first-order valence-electron chi connectivity index (χ1n) is 6.85. The van der Waals surface area contributed by atoms with Gasteiger partial charge in [-0.1, -0.05) is 19.9 Å². The molecule has 7 nitrogen and oxygen atoms in total. The maximum absolute atomic E-state index is 11.9. The SMILES string of the molecule is CC(=O)Nc1cccc(NS(=O)(=O)CCNC(=O)C(C)C)c1. The van der Waals surface area contributed by atoms with Gasteiger partial charge in [-0.2, -0.15) is 0 Å². The van der Waals surface area contributed by atoms with Gasteiger partial charge in [-0.15, -0.1) is 0 Å². The fourth-order valence-electron chi connectivity index (χ4n) is 1.61. The summed E-state index contributed by atoms with van der Waals surface area (Å²) in [6, 6.07) is 6.38. The first kappa shape index (κ1) is 18.0. The van der Waals surface area contributed by atoms with Crippen molar-refractivity contribution >= 4 is 33.2 Å². The zero-order valence-electron chi connectivity index (χ0n) is 12.8. The summed E-state index contributed by atoms with van der Waals surface area (Å²) < 4.78 is 26.3. The lowest BCUT2D eigenvalue weighted by atomic mass is 10.2. The van der Waals surface area contributed by atoms with Crippen molar-refractivity contribution in [3.8, 4) is 0 Å². The van der Waals surface area contributed by atoms with E-state index in [0.717, 1.165) is 0 Å². The molecule has 1 aromatic rings. The van der Waals surface area contributed by atoms with Gasteiger partial charge in [0.1, 0.15) is 0 Å². The molecule has 0 aromatic heterocycles. The number of sulfonamides is 1. The Morgan fingerprint density at radius 2 is 1.82 bits per heavy atom. The maximum atomic E-state index is 11.9. The number of carbonyl (C=O) groups excluding carboxylic acids is 2. The van der Waals surface area contributed by atoms with Gasteiger partial charge >= 0.3 is 0 Å². The Balaban J connectivity index is 2.61. The minimum atomic E-state index is -3.58. The van der Waals surface area contributed by atoms with Crippen LogP contribution >= 0.6 is 0 Å². The third-order valence-electron chi connectivity index (χ3n) is 2.65. The van der Waals surface area contributed by atoms with Crippen LogP contribution in [0.5, 0.6) is 0 Å². The summed E-state index contributed by atoms with van der Waals surface area (Å²) in [6.45, 7) is 4.87. The molecule has 3 N–H and O–H groups in total. The number of amides is 2. The van der Waals surface area contributed by atoms with Gasteiger partial charge in [0, 0.05) is 25.1 Å². The summed E-state index contributed by atoms with van der Waals surface area (Å²) in [6.07, 6.45) is 0. The van der Waals surface area contributed by atoms with E-state index in [1.165, 1.54) is 13.0 Å². The molecular weight excluding hydrogens is 306 g/mol. The molecule has 122 valence electrons. The van der Waals surface area contributed by atoms with Crippen molar-refractivity contribution in [3.05, 3.63) is 24.3 Å². The first-order chi connectivity index (χ1) is 10.2. The maximum Gasteiger partial charge on any atom is 0.234 e. The molecule has 0 bridgehead atoms. The van der Waals surface area contributed by atoms with E-state index in [2.05, 4.69) is 15.4 Å². The fourth-order valence-corrected chi connectivity index (χ4v) is 2.57. The van der Waals surface area contributed by atoms with E-state index < -0.39 is 10.0 Å². The minimum absolute atomic E-state index is 0.0394. The van der Waals surface area contributed by atoms with Gasteiger partial charge in [0.2, 0.25) is 21.8 Å². The average Bonchev–Trinajstić information content (AvgIpc) is 2.37. The molecule has 0 radical (unpaired) electrons. The second-order valence-electron chi connectivity index (χ2n) is 5.13. The van der Waals surface area contributed by atoms with Crippen LogP contribution in [0.3, 0.4) is 0 Å². The largest absolute Gasteiger partial charge is 0.355 e. The van der Waals surface area contributed by atoms with Crippen LogP contribution in [-0.4, -0.2) is 32.5 Å². The summed E-state index contributed by atoms with van der Waals surface area (Å²) in [4.78, 5) is 22.3. The highest BCUT2D eigenvalue weighted by molar-refractivity contribution is 7.92. The van der Waals surface area contributed by atoms with E-state index in [-0.39, 0.29) is 30.0 Å². The Hall–Kier alpha value is -2.09. The van der Waals surface area contributed by atoms with Crippen molar-refractivity contribution in [2.75, 3.05) is 22.3 Å². The molecule has 0 fully saturated rings. The predicted molar refractivity (Wildman–Crippen MR) is 86.0 cm³/mol. The summed E-state index contributed by atoms with van der Waals surface area (Å²) in [5.74, 6) is -0.847. The van der Waals surface area contributed by atoms with Crippen LogP contribution in [0.1, 0.15) is 20.8 Å². The lowest BCUT2D eigenvalue weighted by Gasteiger charge is -2.11. The van der Waals surface area contributed by atoms with Crippen molar-refractivity contribution in [2.24, 2.45) is 5.92 Å². The van der Waals surface area contributed by atoms with Crippen LogP contribution in [-0.2, 0) is 19.6 Å². The number of hydrogen-bond donors (Lipinski definition) is 3. The van der Waals surface area contributed by atoms with Gasteiger partial charge in [0.25, 0.3) is 0 Å². The lowest BCUT2D eigenvalue weighted by Crippen LogP contribution is -2.33. The van der Waals surface area contributed by atoms with Gasteiger partial charge in [-0.05, 0) is 18.2 Å².